The lowest BCUT2D eigenvalue weighted by Gasteiger charge is -2.05. The van der Waals surface area contributed by atoms with Crippen molar-refractivity contribution >= 4 is 39.3 Å². The van der Waals surface area contributed by atoms with E-state index in [1.165, 1.54) is 17.8 Å². The minimum atomic E-state index is -1.09. The molecular weight excluding hydrogens is 358 g/mol. The first kappa shape index (κ1) is 15.5. The molecule has 0 saturated heterocycles. The van der Waals surface area contributed by atoms with E-state index < -0.39 is 10.9 Å². The fourth-order valence-electron chi connectivity index (χ4n) is 1.75. The summed E-state index contributed by atoms with van der Waals surface area (Å²) in [7, 11) is 0. The van der Waals surface area contributed by atoms with E-state index in [4.69, 9.17) is 5.11 Å². The number of hydrogen-bond donors (Lipinski definition) is 1. The van der Waals surface area contributed by atoms with Gasteiger partial charge in [0, 0.05) is 25.9 Å². The lowest BCUT2D eigenvalue weighted by molar-refractivity contribution is -0.385. The number of benzene rings is 2. The third-order valence-electron chi connectivity index (χ3n) is 2.64. The highest BCUT2D eigenvalue weighted by Crippen LogP contribution is 2.32. The highest BCUT2D eigenvalue weighted by Gasteiger charge is 2.17. The molecule has 0 aromatic heterocycles. The SMILES string of the molecule is O=C(O)Cc1cc(Sc2ccc(Br)cc2)ccc1[N+](=O)[O-]. The number of nitrogens with zero attached hydrogens (tertiary/aromatic N) is 1. The smallest absolute Gasteiger partial charge is 0.308 e. The molecule has 0 atom stereocenters. The molecule has 1 N–H and O–H groups in total. The number of rotatable bonds is 5. The number of nitro benzene ring substituents is 1. The molecule has 0 radical (unpaired) electrons. The van der Waals surface area contributed by atoms with Crippen molar-refractivity contribution in [2.45, 2.75) is 16.2 Å². The third kappa shape index (κ3) is 4.30. The Hall–Kier alpha value is -1.86. The summed E-state index contributed by atoms with van der Waals surface area (Å²) in [5, 5.41) is 19.8. The average Bonchev–Trinajstić information content (AvgIpc) is 2.40. The van der Waals surface area contributed by atoms with E-state index in [9.17, 15) is 14.9 Å². The number of carboxylic acids is 1. The van der Waals surface area contributed by atoms with E-state index >= 15 is 0 Å². The van der Waals surface area contributed by atoms with Crippen LogP contribution in [0.1, 0.15) is 5.56 Å². The molecule has 0 heterocycles. The summed E-state index contributed by atoms with van der Waals surface area (Å²) in [5.74, 6) is -1.09. The fraction of sp³-hybridized carbons (Fsp3) is 0.0714. The van der Waals surface area contributed by atoms with Gasteiger partial charge in [0.2, 0.25) is 0 Å². The van der Waals surface area contributed by atoms with Crippen molar-refractivity contribution in [3.05, 3.63) is 62.6 Å². The van der Waals surface area contributed by atoms with Crippen LogP contribution in [0.25, 0.3) is 0 Å². The van der Waals surface area contributed by atoms with Gasteiger partial charge in [-0.05, 0) is 36.4 Å². The van der Waals surface area contributed by atoms with Crippen molar-refractivity contribution in [3.8, 4) is 0 Å². The standard InChI is InChI=1S/C14H10BrNO4S/c15-10-1-3-11(4-2-10)21-12-5-6-13(16(19)20)9(7-12)8-14(17)18/h1-7H,8H2,(H,17,18). The second kappa shape index (κ2) is 6.73. The Morgan fingerprint density at radius 2 is 1.81 bits per heavy atom. The Morgan fingerprint density at radius 1 is 1.19 bits per heavy atom. The summed E-state index contributed by atoms with van der Waals surface area (Å²) < 4.78 is 0.960. The molecule has 0 saturated carbocycles. The van der Waals surface area contributed by atoms with Gasteiger partial charge in [0.25, 0.3) is 5.69 Å². The summed E-state index contributed by atoms with van der Waals surface area (Å²) >= 11 is 4.77. The highest BCUT2D eigenvalue weighted by atomic mass is 79.9. The monoisotopic (exact) mass is 367 g/mol. The van der Waals surface area contributed by atoms with Crippen LogP contribution < -0.4 is 0 Å². The van der Waals surface area contributed by atoms with Crippen molar-refractivity contribution in [2.75, 3.05) is 0 Å². The molecule has 0 fully saturated rings. The second-order valence-corrected chi connectivity index (χ2v) is 6.24. The van der Waals surface area contributed by atoms with Gasteiger partial charge < -0.3 is 5.11 Å². The molecule has 0 unspecified atom stereocenters. The molecule has 0 amide bonds. The molecule has 0 aliphatic heterocycles. The maximum absolute atomic E-state index is 10.9. The summed E-state index contributed by atoms with van der Waals surface area (Å²) in [6.45, 7) is 0. The maximum atomic E-state index is 10.9. The first-order valence-corrected chi connectivity index (χ1v) is 7.49. The first-order valence-electron chi connectivity index (χ1n) is 5.88. The van der Waals surface area contributed by atoms with Gasteiger partial charge in [-0.15, -0.1) is 0 Å². The Morgan fingerprint density at radius 3 is 2.38 bits per heavy atom. The number of nitro groups is 1. The van der Waals surface area contributed by atoms with Gasteiger partial charge in [0.15, 0.2) is 0 Å². The Labute approximate surface area is 133 Å². The van der Waals surface area contributed by atoms with Crippen LogP contribution in [0.3, 0.4) is 0 Å². The lowest BCUT2D eigenvalue weighted by Crippen LogP contribution is -2.03. The zero-order chi connectivity index (χ0) is 15.4. The molecular formula is C14H10BrNO4S. The molecule has 0 spiro atoms. The van der Waals surface area contributed by atoms with Gasteiger partial charge in [-0.1, -0.05) is 27.7 Å². The minimum absolute atomic E-state index is 0.169. The summed E-state index contributed by atoms with van der Waals surface area (Å²) in [6, 6.07) is 12.1. The zero-order valence-corrected chi connectivity index (χ0v) is 13.1. The van der Waals surface area contributed by atoms with Crippen LogP contribution in [0.4, 0.5) is 5.69 Å². The minimum Gasteiger partial charge on any atom is -0.481 e. The van der Waals surface area contributed by atoms with Crippen LogP contribution in [0.5, 0.6) is 0 Å². The zero-order valence-electron chi connectivity index (χ0n) is 10.7. The van der Waals surface area contributed by atoms with E-state index in [0.29, 0.717) is 0 Å². The number of carbonyl (C=O) groups is 1. The molecule has 7 heteroatoms. The van der Waals surface area contributed by atoms with Crippen LogP contribution in [0, 0.1) is 10.1 Å². The van der Waals surface area contributed by atoms with Crippen molar-refractivity contribution < 1.29 is 14.8 Å². The van der Waals surface area contributed by atoms with Crippen molar-refractivity contribution in [2.24, 2.45) is 0 Å². The Balaban J connectivity index is 2.30. The predicted molar refractivity (Wildman–Crippen MR) is 82.7 cm³/mol. The number of hydrogen-bond acceptors (Lipinski definition) is 4. The quantitative estimate of drug-likeness (QED) is 0.634. The topological polar surface area (TPSA) is 80.4 Å². The number of halogens is 1. The molecule has 0 bridgehead atoms. The van der Waals surface area contributed by atoms with Crippen molar-refractivity contribution in [1.29, 1.82) is 0 Å². The van der Waals surface area contributed by atoms with Gasteiger partial charge in [0.05, 0.1) is 11.3 Å². The Kier molecular flexibility index (Phi) is 4.98. The lowest BCUT2D eigenvalue weighted by atomic mass is 10.1. The largest absolute Gasteiger partial charge is 0.481 e. The summed E-state index contributed by atoms with van der Waals surface area (Å²) in [6.07, 6.45) is -0.370. The van der Waals surface area contributed by atoms with Crippen molar-refractivity contribution in [3.63, 3.8) is 0 Å². The van der Waals surface area contributed by atoms with E-state index in [1.54, 1.807) is 12.1 Å². The fourth-order valence-corrected chi connectivity index (χ4v) is 2.89. The molecule has 108 valence electrons. The number of carboxylic acid groups (broad SMARTS) is 1. The molecule has 2 rings (SSSR count). The van der Waals surface area contributed by atoms with Crippen LogP contribution >= 0.6 is 27.7 Å². The second-order valence-electron chi connectivity index (χ2n) is 4.17. The van der Waals surface area contributed by atoms with Crippen LogP contribution in [-0.4, -0.2) is 16.0 Å². The molecule has 2 aromatic carbocycles. The molecule has 5 nitrogen and oxygen atoms in total. The third-order valence-corrected chi connectivity index (χ3v) is 4.16. The van der Waals surface area contributed by atoms with Crippen LogP contribution in [0.15, 0.2) is 56.7 Å². The summed E-state index contributed by atoms with van der Waals surface area (Å²) in [4.78, 5) is 22.9. The highest BCUT2D eigenvalue weighted by molar-refractivity contribution is 9.10. The van der Waals surface area contributed by atoms with Gasteiger partial charge >= 0.3 is 5.97 Å². The van der Waals surface area contributed by atoms with Gasteiger partial charge in [-0.3, -0.25) is 14.9 Å². The van der Waals surface area contributed by atoms with Gasteiger partial charge in [0.1, 0.15) is 0 Å². The molecule has 0 aliphatic carbocycles. The average molecular weight is 368 g/mol. The summed E-state index contributed by atoms with van der Waals surface area (Å²) in [5.41, 5.74) is 0.0344. The molecule has 2 aromatic rings. The van der Waals surface area contributed by atoms with Gasteiger partial charge in [-0.25, -0.2) is 0 Å². The van der Waals surface area contributed by atoms with Crippen molar-refractivity contribution in [1.82, 2.24) is 0 Å². The van der Waals surface area contributed by atoms with Gasteiger partial charge in [-0.2, -0.15) is 0 Å². The van der Waals surface area contributed by atoms with Crippen LogP contribution in [-0.2, 0) is 11.2 Å². The van der Waals surface area contributed by atoms with Crippen LogP contribution in [0.2, 0.25) is 0 Å². The predicted octanol–water partition coefficient (Wildman–Crippen LogP) is 4.14. The number of aliphatic carboxylic acids is 1. The molecule has 0 aliphatic rings. The Bertz CT molecular complexity index is 688. The van der Waals surface area contributed by atoms with E-state index in [2.05, 4.69) is 15.9 Å². The maximum Gasteiger partial charge on any atom is 0.308 e. The first-order chi connectivity index (χ1) is 9.95. The van der Waals surface area contributed by atoms with E-state index in [0.717, 1.165) is 14.3 Å². The van der Waals surface area contributed by atoms with E-state index in [1.807, 2.05) is 24.3 Å². The normalized spacial score (nSPS) is 10.3. The molecule has 21 heavy (non-hydrogen) atoms. The van der Waals surface area contributed by atoms with E-state index in [-0.39, 0.29) is 17.7 Å².